The van der Waals surface area contributed by atoms with Crippen LogP contribution in [-0.2, 0) is 0 Å². The van der Waals surface area contributed by atoms with Crippen molar-refractivity contribution in [3.8, 4) is 0 Å². The molecule has 0 saturated heterocycles. The predicted octanol–water partition coefficient (Wildman–Crippen LogP) is 3.23. The van der Waals surface area contributed by atoms with Crippen LogP contribution in [0.3, 0.4) is 0 Å². The minimum atomic E-state index is -0.494. The standard InChI is InChI=1S/C12H19N3O2/c1-9(2)4-5-10(3)14-11-6-7-12(13-8-11)15(16)17/h6-10,14H,4-5H2,1-3H3. The number of nitro groups is 1. The van der Waals surface area contributed by atoms with Crippen LogP contribution in [0.25, 0.3) is 0 Å². The van der Waals surface area contributed by atoms with E-state index in [-0.39, 0.29) is 5.82 Å². The summed E-state index contributed by atoms with van der Waals surface area (Å²) >= 11 is 0. The number of hydrogen-bond donors (Lipinski definition) is 1. The molecule has 5 heteroatoms. The van der Waals surface area contributed by atoms with Crippen LogP contribution in [0.2, 0.25) is 0 Å². The first kappa shape index (κ1) is 13.4. The Morgan fingerprint density at radius 2 is 2.06 bits per heavy atom. The van der Waals surface area contributed by atoms with Gasteiger partial charge in [0.05, 0.1) is 5.69 Å². The second-order valence-corrected chi connectivity index (χ2v) is 4.68. The van der Waals surface area contributed by atoms with E-state index in [0.29, 0.717) is 12.0 Å². The van der Waals surface area contributed by atoms with Gasteiger partial charge in [-0.1, -0.05) is 13.8 Å². The minimum Gasteiger partial charge on any atom is -0.380 e. The third-order valence-electron chi connectivity index (χ3n) is 2.53. The Kier molecular flexibility index (Phi) is 4.87. The van der Waals surface area contributed by atoms with E-state index in [4.69, 9.17) is 0 Å². The topological polar surface area (TPSA) is 68.1 Å². The molecule has 1 aromatic rings. The first-order valence-electron chi connectivity index (χ1n) is 5.86. The van der Waals surface area contributed by atoms with Gasteiger partial charge in [-0.05, 0) is 41.7 Å². The van der Waals surface area contributed by atoms with Crippen molar-refractivity contribution in [2.24, 2.45) is 5.92 Å². The zero-order valence-electron chi connectivity index (χ0n) is 10.5. The molecule has 0 radical (unpaired) electrons. The lowest BCUT2D eigenvalue weighted by molar-refractivity contribution is -0.389. The lowest BCUT2D eigenvalue weighted by Gasteiger charge is -2.15. The van der Waals surface area contributed by atoms with E-state index in [1.54, 1.807) is 6.07 Å². The molecular formula is C12H19N3O2. The molecule has 0 aliphatic carbocycles. The molecule has 0 amide bonds. The number of aromatic nitrogens is 1. The normalized spacial score (nSPS) is 12.5. The first-order chi connectivity index (χ1) is 7.99. The molecule has 0 aliphatic rings. The van der Waals surface area contributed by atoms with Crippen molar-refractivity contribution in [2.45, 2.75) is 39.7 Å². The number of pyridine rings is 1. The van der Waals surface area contributed by atoms with E-state index in [2.05, 4.69) is 31.1 Å². The highest BCUT2D eigenvalue weighted by Gasteiger charge is 2.08. The van der Waals surface area contributed by atoms with Gasteiger partial charge in [0.2, 0.25) is 0 Å². The summed E-state index contributed by atoms with van der Waals surface area (Å²) in [5, 5.41) is 13.7. The molecule has 1 heterocycles. The molecule has 0 saturated carbocycles. The molecule has 0 spiro atoms. The van der Waals surface area contributed by atoms with Crippen molar-refractivity contribution in [2.75, 3.05) is 5.32 Å². The van der Waals surface area contributed by atoms with Crippen LogP contribution in [0, 0.1) is 16.0 Å². The molecule has 1 N–H and O–H groups in total. The van der Waals surface area contributed by atoms with Crippen LogP contribution < -0.4 is 5.32 Å². The van der Waals surface area contributed by atoms with Crippen molar-refractivity contribution in [3.05, 3.63) is 28.4 Å². The van der Waals surface area contributed by atoms with Crippen LogP contribution in [-0.4, -0.2) is 15.9 Å². The average molecular weight is 237 g/mol. The summed E-state index contributed by atoms with van der Waals surface area (Å²) in [6.45, 7) is 6.49. The second kappa shape index (κ2) is 6.18. The summed E-state index contributed by atoms with van der Waals surface area (Å²) in [5.41, 5.74) is 0.826. The fraction of sp³-hybridized carbons (Fsp3) is 0.583. The van der Waals surface area contributed by atoms with Gasteiger partial charge in [-0.3, -0.25) is 0 Å². The van der Waals surface area contributed by atoms with E-state index in [9.17, 15) is 10.1 Å². The van der Waals surface area contributed by atoms with Gasteiger partial charge in [-0.15, -0.1) is 0 Å². The predicted molar refractivity (Wildman–Crippen MR) is 68.0 cm³/mol. The monoisotopic (exact) mass is 237 g/mol. The third kappa shape index (κ3) is 4.80. The molecular weight excluding hydrogens is 218 g/mol. The highest BCUT2D eigenvalue weighted by atomic mass is 16.6. The molecule has 1 rings (SSSR count). The highest BCUT2D eigenvalue weighted by molar-refractivity contribution is 5.44. The SMILES string of the molecule is CC(C)CCC(C)Nc1ccc([N+](=O)[O-])nc1. The zero-order valence-corrected chi connectivity index (χ0v) is 10.5. The summed E-state index contributed by atoms with van der Waals surface area (Å²) in [7, 11) is 0. The Hall–Kier alpha value is -1.65. The molecule has 0 bridgehead atoms. The van der Waals surface area contributed by atoms with Gasteiger partial charge in [0.25, 0.3) is 0 Å². The Balaban J connectivity index is 2.48. The zero-order chi connectivity index (χ0) is 12.8. The Morgan fingerprint density at radius 1 is 1.35 bits per heavy atom. The molecule has 17 heavy (non-hydrogen) atoms. The number of hydrogen-bond acceptors (Lipinski definition) is 4. The molecule has 94 valence electrons. The van der Waals surface area contributed by atoms with Gasteiger partial charge in [0.1, 0.15) is 0 Å². The van der Waals surface area contributed by atoms with Gasteiger partial charge in [-0.25, -0.2) is 0 Å². The lowest BCUT2D eigenvalue weighted by Crippen LogP contribution is -2.15. The summed E-state index contributed by atoms with van der Waals surface area (Å²) in [4.78, 5) is 13.7. The Morgan fingerprint density at radius 3 is 2.53 bits per heavy atom. The smallest absolute Gasteiger partial charge is 0.363 e. The van der Waals surface area contributed by atoms with Crippen LogP contribution in [0.15, 0.2) is 18.3 Å². The van der Waals surface area contributed by atoms with E-state index >= 15 is 0 Å². The van der Waals surface area contributed by atoms with Crippen LogP contribution in [0.1, 0.15) is 33.6 Å². The minimum absolute atomic E-state index is 0.120. The molecule has 1 unspecified atom stereocenters. The van der Waals surface area contributed by atoms with Gasteiger partial charge < -0.3 is 15.4 Å². The second-order valence-electron chi connectivity index (χ2n) is 4.68. The maximum atomic E-state index is 10.4. The van der Waals surface area contributed by atoms with Crippen LogP contribution in [0.5, 0.6) is 0 Å². The van der Waals surface area contributed by atoms with Gasteiger partial charge in [-0.2, -0.15) is 0 Å². The van der Waals surface area contributed by atoms with Crippen molar-refractivity contribution < 1.29 is 4.92 Å². The molecule has 1 aromatic heterocycles. The van der Waals surface area contributed by atoms with Crippen LogP contribution >= 0.6 is 0 Å². The maximum Gasteiger partial charge on any atom is 0.363 e. The maximum absolute atomic E-state index is 10.4. The van der Waals surface area contributed by atoms with Crippen molar-refractivity contribution in [3.63, 3.8) is 0 Å². The van der Waals surface area contributed by atoms with Crippen LogP contribution in [0.4, 0.5) is 11.5 Å². The Labute approximate surface area is 101 Å². The number of nitrogens with one attached hydrogen (secondary N) is 1. The molecule has 5 nitrogen and oxygen atoms in total. The van der Waals surface area contributed by atoms with Gasteiger partial charge in [0, 0.05) is 12.1 Å². The van der Waals surface area contributed by atoms with E-state index in [1.807, 2.05) is 0 Å². The summed E-state index contributed by atoms with van der Waals surface area (Å²) in [5.74, 6) is 0.569. The number of rotatable bonds is 6. The van der Waals surface area contributed by atoms with Gasteiger partial charge in [0.15, 0.2) is 6.20 Å². The average Bonchev–Trinajstić information content (AvgIpc) is 2.27. The summed E-state index contributed by atoms with van der Waals surface area (Å²) in [6, 6.07) is 3.45. The largest absolute Gasteiger partial charge is 0.380 e. The highest BCUT2D eigenvalue weighted by Crippen LogP contribution is 2.15. The summed E-state index contributed by atoms with van der Waals surface area (Å²) in [6.07, 6.45) is 3.74. The van der Waals surface area contributed by atoms with E-state index < -0.39 is 4.92 Å². The quantitative estimate of drug-likeness (QED) is 0.609. The van der Waals surface area contributed by atoms with Crippen molar-refractivity contribution in [1.82, 2.24) is 4.98 Å². The van der Waals surface area contributed by atoms with E-state index in [1.165, 1.54) is 12.3 Å². The first-order valence-corrected chi connectivity index (χ1v) is 5.86. The molecule has 0 aromatic carbocycles. The molecule has 0 aliphatic heterocycles. The number of nitrogens with zero attached hydrogens (tertiary/aromatic N) is 2. The summed E-state index contributed by atoms with van der Waals surface area (Å²) < 4.78 is 0. The fourth-order valence-electron chi connectivity index (χ4n) is 1.52. The Bertz CT molecular complexity index is 363. The lowest BCUT2D eigenvalue weighted by atomic mass is 10.0. The molecule has 1 atom stereocenters. The number of anilines is 1. The van der Waals surface area contributed by atoms with E-state index in [0.717, 1.165) is 18.5 Å². The fourth-order valence-corrected chi connectivity index (χ4v) is 1.52. The molecule has 0 fully saturated rings. The van der Waals surface area contributed by atoms with Crippen molar-refractivity contribution >= 4 is 11.5 Å². The van der Waals surface area contributed by atoms with Crippen molar-refractivity contribution in [1.29, 1.82) is 0 Å². The third-order valence-corrected chi connectivity index (χ3v) is 2.53. The van der Waals surface area contributed by atoms with Gasteiger partial charge >= 0.3 is 5.82 Å².